The summed E-state index contributed by atoms with van der Waals surface area (Å²) in [6.45, 7) is 2.64. The van der Waals surface area contributed by atoms with Gasteiger partial charge in [-0.2, -0.15) is 13.2 Å². The monoisotopic (exact) mass is 267 g/mol. The third-order valence-corrected chi connectivity index (χ3v) is 2.97. The van der Waals surface area contributed by atoms with Crippen LogP contribution in [0.15, 0.2) is 18.2 Å². The van der Waals surface area contributed by atoms with E-state index in [2.05, 4.69) is 0 Å². The van der Waals surface area contributed by atoms with Crippen molar-refractivity contribution in [2.45, 2.75) is 25.7 Å². The predicted molar refractivity (Wildman–Crippen MR) is 58.1 cm³/mol. The van der Waals surface area contributed by atoms with E-state index in [1.807, 2.05) is 0 Å². The first-order valence-corrected chi connectivity index (χ1v) is 5.39. The lowest BCUT2D eigenvalue weighted by atomic mass is 9.85. The van der Waals surface area contributed by atoms with E-state index in [4.69, 9.17) is 5.73 Å². The predicted octanol–water partition coefficient (Wildman–Crippen LogP) is 3.62. The van der Waals surface area contributed by atoms with Crippen LogP contribution in [0.25, 0.3) is 0 Å². The highest BCUT2D eigenvalue weighted by Crippen LogP contribution is 2.37. The summed E-state index contributed by atoms with van der Waals surface area (Å²) in [7, 11) is 0. The third-order valence-electron chi connectivity index (χ3n) is 2.97. The molecule has 1 nitrogen and oxygen atoms in total. The Balaban J connectivity index is 3.27. The average molecular weight is 267 g/mol. The summed E-state index contributed by atoms with van der Waals surface area (Å²) in [6.07, 6.45) is -4.79. The van der Waals surface area contributed by atoms with E-state index in [0.717, 1.165) is 6.07 Å². The van der Waals surface area contributed by atoms with Crippen LogP contribution in [0.5, 0.6) is 0 Å². The zero-order chi connectivity index (χ0) is 14.1. The van der Waals surface area contributed by atoms with Gasteiger partial charge in [0.05, 0.1) is 5.56 Å². The fourth-order valence-corrected chi connectivity index (χ4v) is 1.69. The number of alkyl halides is 4. The molecule has 1 aromatic rings. The lowest BCUT2D eigenvalue weighted by Crippen LogP contribution is -2.35. The topological polar surface area (TPSA) is 26.0 Å². The first-order chi connectivity index (χ1) is 8.13. The molecular formula is C12H14F5N. The fraction of sp³-hybridized carbons (Fsp3) is 0.500. The van der Waals surface area contributed by atoms with Gasteiger partial charge in [0, 0.05) is 6.54 Å². The van der Waals surface area contributed by atoms with Crippen LogP contribution in [-0.2, 0) is 11.8 Å². The number of nitrogens with two attached hydrogens (primary N) is 1. The van der Waals surface area contributed by atoms with Gasteiger partial charge in [0.1, 0.15) is 5.82 Å². The van der Waals surface area contributed by atoms with Crippen LogP contribution < -0.4 is 5.73 Å². The van der Waals surface area contributed by atoms with Crippen LogP contribution in [0.3, 0.4) is 0 Å². The summed E-state index contributed by atoms with van der Waals surface area (Å²) in [6, 6.07) is 2.03. The minimum Gasteiger partial charge on any atom is -0.327 e. The molecule has 0 aromatic heterocycles. The molecule has 18 heavy (non-hydrogen) atoms. The molecule has 1 atom stereocenters. The highest BCUT2D eigenvalue weighted by atomic mass is 19.4. The molecule has 0 heterocycles. The molecule has 0 amide bonds. The molecule has 0 saturated carbocycles. The summed E-state index contributed by atoms with van der Waals surface area (Å²) >= 11 is 0. The van der Waals surface area contributed by atoms with Crippen molar-refractivity contribution in [1.29, 1.82) is 0 Å². The SMILES string of the molecule is CC(C)C(F)(CN)c1ccc(C(F)(F)F)c(F)c1. The number of rotatable bonds is 3. The molecule has 0 aliphatic carbocycles. The van der Waals surface area contributed by atoms with E-state index in [0.29, 0.717) is 12.1 Å². The molecule has 0 saturated heterocycles. The van der Waals surface area contributed by atoms with Crippen molar-refractivity contribution in [2.24, 2.45) is 11.7 Å². The van der Waals surface area contributed by atoms with E-state index in [9.17, 15) is 22.0 Å². The minimum absolute atomic E-state index is 0.175. The molecule has 0 spiro atoms. The normalized spacial score (nSPS) is 15.8. The maximum atomic E-state index is 14.4. The number of hydrogen-bond donors (Lipinski definition) is 1. The number of hydrogen-bond acceptors (Lipinski definition) is 1. The van der Waals surface area contributed by atoms with Crippen LogP contribution in [-0.4, -0.2) is 6.54 Å². The maximum Gasteiger partial charge on any atom is 0.419 e. The zero-order valence-electron chi connectivity index (χ0n) is 9.98. The summed E-state index contributed by atoms with van der Waals surface area (Å²) < 4.78 is 64.8. The van der Waals surface area contributed by atoms with Crippen LogP contribution in [0.2, 0.25) is 0 Å². The van der Waals surface area contributed by atoms with Crippen molar-refractivity contribution in [3.05, 3.63) is 35.1 Å². The van der Waals surface area contributed by atoms with Gasteiger partial charge in [-0.25, -0.2) is 8.78 Å². The van der Waals surface area contributed by atoms with E-state index in [-0.39, 0.29) is 5.56 Å². The Morgan fingerprint density at radius 2 is 1.72 bits per heavy atom. The van der Waals surface area contributed by atoms with Gasteiger partial charge in [-0.15, -0.1) is 0 Å². The standard InChI is InChI=1S/C12H14F5N/c1-7(2)11(14,6-18)8-3-4-9(10(13)5-8)12(15,16)17/h3-5,7H,6,18H2,1-2H3. The minimum atomic E-state index is -4.79. The average Bonchev–Trinajstić information content (AvgIpc) is 2.25. The first-order valence-electron chi connectivity index (χ1n) is 5.39. The highest BCUT2D eigenvalue weighted by molar-refractivity contribution is 5.31. The van der Waals surface area contributed by atoms with E-state index in [1.54, 1.807) is 0 Å². The molecule has 0 radical (unpaired) electrons. The number of benzene rings is 1. The Morgan fingerprint density at radius 3 is 2.06 bits per heavy atom. The maximum absolute atomic E-state index is 14.4. The van der Waals surface area contributed by atoms with Gasteiger partial charge in [0.2, 0.25) is 0 Å². The summed E-state index contributed by atoms with van der Waals surface area (Å²) in [5, 5.41) is 0. The molecule has 0 aliphatic rings. The molecule has 1 rings (SSSR count). The summed E-state index contributed by atoms with van der Waals surface area (Å²) in [5.41, 5.74) is 1.67. The molecule has 6 heteroatoms. The Bertz CT molecular complexity index is 427. The first kappa shape index (κ1) is 14.9. The van der Waals surface area contributed by atoms with Gasteiger partial charge < -0.3 is 5.73 Å². The lowest BCUT2D eigenvalue weighted by molar-refractivity contribution is -0.140. The Morgan fingerprint density at radius 1 is 1.17 bits per heavy atom. The summed E-state index contributed by atoms with van der Waals surface area (Å²) in [4.78, 5) is 0. The zero-order valence-corrected chi connectivity index (χ0v) is 9.98. The molecule has 0 fully saturated rings. The molecule has 1 aromatic carbocycles. The number of halogens is 5. The smallest absolute Gasteiger partial charge is 0.327 e. The van der Waals surface area contributed by atoms with E-state index >= 15 is 0 Å². The van der Waals surface area contributed by atoms with Gasteiger partial charge >= 0.3 is 6.18 Å². The van der Waals surface area contributed by atoms with Gasteiger partial charge in [0.15, 0.2) is 5.67 Å². The van der Waals surface area contributed by atoms with Crippen LogP contribution in [0.1, 0.15) is 25.0 Å². The van der Waals surface area contributed by atoms with E-state index in [1.165, 1.54) is 13.8 Å². The van der Waals surface area contributed by atoms with Crippen molar-refractivity contribution < 1.29 is 22.0 Å². The summed E-state index contributed by atoms with van der Waals surface area (Å²) in [5.74, 6) is -2.06. The fourth-order valence-electron chi connectivity index (χ4n) is 1.69. The van der Waals surface area contributed by atoms with Crippen molar-refractivity contribution >= 4 is 0 Å². The molecule has 0 aliphatic heterocycles. The van der Waals surface area contributed by atoms with Crippen LogP contribution in [0, 0.1) is 11.7 Å². The van der Waals surface area contributed by atoms with Gasteiger partial charge in [-0.1, -0.05) is 19.9 Å². The van der Waals surface area contributed by atoms with Crippen LogP contribution in [0.4, 0.5) is 22.0 Å². The largest absolute Gasteiger partial charge is 0.419 e. The third kappa shape index (κ3) is 2.63. The van der Waals surface area contributed by atoms with E-state index < -0.39 is 35.7 Å². The highest BCUT2D eigenvalue weighted by Gasteiger charge is 2.38. The second-order valence-corrected chi connectivity index (χ2v) is 4.41. The second kappa shape index (κ2) is 4.84. The quantitative estimate of drug-likeness (QED) is 0.831. The van der Waals surface area contributed by atoms with Crippen LogP contribution >= 0.6 is 0 Å². The molecule has 102 valence electrons. The Labute approximate surface area is 102 Å². The molecule has 1 unspecified atom stereocenters. The van der Waals surface area contributed by atoms with Gasteiger partial charge in [-0.05, 0) is 23.6 Å². The molecular weight excluding hydrogens is 253 g/mol. The molecule has 2 N–H and O–H groups in total. The van der Waals surface area contributed by atoms with Crippen molar-refractivity contribution in [3.63, 3.8) is 0 Å². The lowest BCUT2D eigenvalue weighted by Gasteiger charge is -2.28. The molecule has 0 bridgehead atoms. The van der Waals surface area contributed by atoms with Crippen molar-refractivity contribution in [2.75, 3.05) is 6.54 Å². The Kier molecular flexibility index (Phi) is 4.00. The van der Waals surface area contributed by atoms with Crippen molar-refractivity contribution in [3.8, 4) is 0 Å². The van der Waals surface area contributed by atoms with Gasteiger partial charge in [0.25, 0.3) is 0 Å². The van der Waals surface area contributed by atoms with Crippen molar-refractivity contribution in [1.82, 2.24) is 0 Å². The second-order valence-electron chi connectivity index (χ2n) is 4.41. The Hall–Kier alpha value is -1.17. The van der Waals surface area contributed by atoms with Gasteiger partial charge in [-0.3, -0.25) is 0 Å².